The van der Waals surface area contributed by atoms with Gasteiger partial charge in [0.2, 0.25) is 15.3 Å². The van der Waals surface area contributed by atoms with E-state index in [1.807, 2.05) is 36.4 Å². The number of hydrogen-bond donors (Lipinski definition) is 2. The second-order valence-corrected chi connectivity index (χ2v) is 12.4. The first-order valence-corrected chi connectivity index (χ1v) is 15.6. The predicted octanol–water partition coefficient (Wildman–Crippen LogP) is 2.70. The number of piperidine rings is 1. The molecule has 3 heterocycles. The van der Waals surface area contributed by atoms with Crippen molar-refractivity contribution in [1.29, 1.82) is 0 Å². The number of anilines is 1. The molecule has 5 rings (SSSR count). The Balaban J connectivity index is 1.40. The Labute approximate surface area is 253 Å². The van der Waals surface area contributed by atoms with Crippen molar-refractivity contribution >= 4 is 21.0 Å². The molecule has 43 heavy (non-hydrogen) atoms. The number of hydrogen-bond acceptors (Lipinski definition) is 11. The standard InChI is InChI=1S/C30H40N6O6S/c1-30(2,29-32-34-35-33-29)18-22-17-24(20-6-9-23(40-4)10-7-20)27(19-31-22)42-28(43(37)38)21-8-11-26-25(16-21)36(13-15-41-26)12-5-14-39-3/h6-11,16,22,24,27,31H,5,12-15,17-19H2,1-4H3,(H,32,33,34,35)/t22-,24+,27-/m0/s1. The van der Waals surface area contributed by atoms with E-state index in [0.29, 0.717) is 37.7 Å². The molecule has 2 aliphatic rings. The topological polar surface area (TPSA) is 141 Å². The third kappa shape index (κ3) is 7.35. The summed E-state index contributed by atoms with van der Waals surface area (Å²) >= 11 is 0. The van der Waals surface area contributed by atoms with Gasteiger partial charge in [0, 0.05) is 49.7 Å². The number of aromatic nitrogens is 4. The van der Waals surface area contributed by atoms with E-state index in [1.54, 1.807) is 20.3 Å². The minimum absolute atomic E-state index is 0.0803. The van der Waals surface area contributed by atoms with Gasteiger partial charge in [0.15, 0.2) is 5.82 Å². The summed E-state index contributed by atoms with van der Waals surface area (Å²) in [5, 5.41) is 18.2. The molecule has 3 atom stereocenters. The van der Waals surface area contributed by atoms with Crippen molar-refractivity contribution < 1.29 is 27.4 Å². The molecular weight excluding hydrogens is 572 g/mol. The second-order valence-electron chi connectivity index (χ2n) is 11.6. The molecule has 1 fully saturated rings. The van der Waals surface area contributed by atoms with Crippen LogP contribution in [0.5, 0.6) is 11.5 Å². The van der Waals surface area contributed by atoms with Gasteiger partial charge in [-0.2, -0.15) is 13.6 Å². The molecule has 0 radical (unpaired) electrons. The highest BCUT2D eigenvalue weighted by molar-refractivity contribution is 7.73. The number of ether oxygens (including phenoxy) is 4. The Hall–Kier alpha value is -3.52. The van der Waals surface area contributed by atoms with Gasteiger partial charge in [-0.3, -0.25) is 0 Å². The van der Waals surface area contributed by atoms with Crippen molar-refractivity contribution in [1.82, 2.24) is 25.9 Å². The Bertz CT molecular complexity index is 1490. The largest absolute Gasteiger partial charge is 0.497 e. The molecule has 0 aliphatic carbocycles. The minimum atomic E-state index is -2.61. The third-order valence-corrected chi connectivity index (χ3v) is 8.82. The lowest BCUT2D eigenvalue weighted by atomic mass is 9.77. The molecule has 0 amide bonds. The van der Waals surface area contributed by atoms with Crippen LogP contribution in [0.4, 0.5) is 5.69 Å². The number of tetrazole rings is 1. The molecule has 0 unspecified atom stereocenters. The van der Waals surface area contributed by atoms with Crippen molar-refractivity contribution in [2.75, 3.05) is 52.0 Å². The molecule has 0 spiro atoms. The number of rotatable bonds is 11. The van der Waals surface area contributed by atoms with E-state index in [1.165, 1.54) is 0 Å². The highest BCUT2D eigenvalue weighted by Crippen LogP contribution is 2.37. The van der Waals surface area contributed by atoms with Gasteiger partial charge in [-0.25, -0.2) is 0 Å². The number of aromatic amines is 1. The summed E-state index contributed by atoms with van der Waals surface area (Å²) in [6.45, 7) is 7.35. The zero-order chi connectivity index (χ0) is 30.4. The summed E-state index contributed by atoms with van der Waals surface area (Å²) in [4.78, 5) is 2.20. The van der Waals surface area contributed by atoms with E-state index in [-0.39, 0.29) is 22.4 Å². The van der Waals surface area contributed by atoms with Gasteiger partial charge in [0.1, 0.15) is 18.1 Å². The van der Waals surface area contributed by atoms with Gasteiger partial charge in [-0.15, -0.1) is 10.2 Å². The van der Waals surface area contributed by atoms with Gasteiger partial charge >= 0.3 is 0 Å². The average Bonchev–Trinajstić information content (AvgIpc) is 3.57. The summed E-state index contributed by atoms with van der Waals surface area (Å²) < 4.78 is 48.2. The highest BCUT2D eigenvalue weighted by atomic mass is 32.2. The van der Waals surface area contributed by atoms with E-state index >= 15 is 0 Å². The minimum Gasteiger partial charge on any atom is -0.497 e. The number of nitrogens with zero attached hydrogens (tertiary/aromatic N) is 4. The van der Waals surface area contributed by atoms with Crippen molar-refractivity contribution in [3.63, 3.8) is 0 Å². The zero-order valence-corrected chi connectivity index (χ0v) is 25.9. The smallest absolute Gasteiger partial charge is 0.245 e. The van der Waals surface area contributed by atoms with E-state index in [2.05, 4.69) is 44.7 Å². The van der Waals surface area contributed by atoms with E-state index in [0.717, 1.165) is 48.6 Å². The van der Waals surface area contributed by atoms with E-state index in [9.17, 15) is 8.42 Å². The van der Waals surface area contributed by atoms with Crippen LogP contribution in [-0.2, 0) is 25.2 Å². The fraction of sp³-hybridized carbons (Fsp3) is 0.533. The first-order valence-electron chi connectivity index (χ1n) is 14.5. The first kappa shape index (κ1) is 30.9. The van der Waals surface area contributed by atoms with Gasteiger partial charge in [-0.05, 0) is 55.2 Å². The fourth-order valence-electron chi connectivity index (χ4n) is 5.98. The maximum absolute atomic E-state index is 12.7. The molecule has 2 aromatic carbocycles. The van der Waals surface area contributed by atoms with Crippen LogP contribution < -0.4 is 19.7 Å². The number of benzene rings is 2. The average molecular weight is 613 g/mol. The van der Waals surface area contributed by atoms with E-state index in [4.69, 9.17) is 18.9 Å². The van der Waals surface area contributed by atoms with Crippen molar-refractivity contribution in [3.05, 3.63) is 59.4 Å². The lowest BCUT2D eigenvalue weighted by Crippen LogP contribution is -2.49. The van der Waals surface area contributed by atoms with Gasteiger partial charge in [-0.1, -0.05) is 31.2 Å². The monoisotopic (exact) mass is 612 g/mol. The Morgan fingerprint density at radius 1 is 1.16 bits per heavy atom. The van der Waals surface area contributed by atoms with Gasteiger partial charge in [0.25, 0.3) is 0 Å². The molecular formula is C30H40N6O6S. The van der Waals surface area contributed by atoms with Crippen LogP contribution in [0.1, 0.15) is 56.0 Å². The SMILES string of the molecule is COCCCN1CCOc2ccc(C(O[C@H]3CN[C@H](CC(C)(C)c4nn[nH]n4)C[C@@H]3c3ccc(OC)cc3)=S(=O)=O)cc21. The number of methoxy groups -OCH3 is 2. The Kier molecular flexibility index (Phi) is 9.96. The summed E-state index contributed by atoms with van der Waals surface area (Å²) in [5.74, 6) is 2.05. The van der Waals surface area contributed by atoms with Crippen LogP contribution in [0.25, 0.3) is 0 Å². The Morgan fingerprint density at radius 2 is 1.98 bits per heavy atom. The summed E-state index contributed by atoms with van der Waals surface area (Å²) in [6, 6.07) is 13.4. The second kappa shape index (κ2) is 13.8. The van der Waals surface area contributed by atoms with E-state index < -0.39 is 16.4 Å². The molecule has 2 N–H and O–H groups in total. The van der Waals surface area contributed by atoms with Crippen LogP contribution in [0.2, 0.25) is 0 Å². The zero-order valence-electron chi connectivity index (χ0n) is 25.1. The fourth-order valence-corrected chi connectivity index (χ4v) is 6.50. The van der Waals surface area contributed by atoms with Crippen molar-refractivity contribution in [2.45, 2.75) is 56.6 Å². The van der Waals surface area contributed by atoms with Gasteiger partial charge in [0.05, 0.1) is 25.4 Å². The normalized spacial score (nSPS) is 20.3. The molecule has 232 valence electrons. The third-order valence-electron chi connectivity index (χ3n) is 8.19. The van der Waals surface area contributed by atoms with Crippen LogP contribution in [0.15, 0.2) is 42.5 Å². The van der Waals surface area contributed by atoms with Crippen molar-refractivity contribution in [2.24, 2.45) is 0 Å². The van der Waals surface area contributed by atoms with Gasteiger partial charge < -0.3 is 29.2 Å². The molecule has 12 nitrogen and oxygen atoms in total. The summed E-state index contributed by atoms with van der Waals surface area (Å²) in [5.41, 5.74) is 2.07. The molecule has 2 aliphatic heterocycles. The van der Waals surface area contributed by atoms with Crippen LogP contribution in [-0.4, -0.2) is 93.3 Å². The highest BCUT2D eigenvalue weighted by Gasteiger charge is 2.38. The molecule has 0 saturated carbocycles. The van der Waals surface area contributed by atoms with Crippen LogP contribution in [0, 0.1) is 0 Å². The first-order chi connectivity index (χ1) is 20.8. The predicted molar refractivity (Wildman–Crippen MR) is 163 cm³/mol. The number of H-pyrrole nitrogens is 1. The maximum Gasteiger partial charge on any atom is 0.245 e. The van der Waals surface area contributed by atoms with Crippen LogP contribution in [0.3, 0.4) is 0 Å². The molecule has 3 aromatic rings. The van der Waals surface area contributed by atoms with Crippen molar-refractivity contribution in [3.8, 4) is 11.5 Å². The molecule has 13 heteroatoms. The molecule has 0 bridgehead atoms. The van der Waals surface area contributed by atoms with Crippen LogP contribution >= 0.6 is 0 Å². The Morgan fingerprint density at radius 3 is 2.67 bits per heavy atom. The lowest BCUT2D eigenvalue weighted by Gasteiger charge is -2.39. The summed E-state index contributed by atoms with van der Waals surface area (Å²) in [6.07, 6.45) is 1.90. The molecule has 1 saturated heterocycles. The quantitative estimate of drug-likeness (QED) is 0.244. The number of fused-ring (bicyclic) bond motifs is 1. The molecule has 1 aromatic heterocycles. The number of nitrogens with one attached hydrogen (secondary N) is 2. The maximum atomic E-state index is 12.7. The summed E-state index contributed by atoms with van der Waals surface area (Å²) in [7, 11) is 0.712. The lowest BCUT2D eigenvalue weighted by molar-refractivity contribution is 0.110.